The molecule has 0 saturated heterocycles. The van der Waals surface area contributed by atoms with Crippen LogP contribution in [0.2, 0.25) is 0 Å². The second-order valence-corrected chi connectivity index (χ2v) is 11.1. The van der Waals surface area contributed by atoms with Crippen LogP contribution in [0.25, 0.3) is 0 Å². The van der Waals surface area contributed by atoms with Crippen LogP contribution in [0.5, 0.6) is 11.5 Å². The van der Waals surface area contributed by atoms with Crippen molar-refractivity contribution in [2.24, 2.45) is 0 Å². The minimum Gasteiger partial charge on any atom is -0.464 e. The van der Waals surface area contributed by atoms with Crippen molar-refractivity contribution in [3.05, 3.63) is 59.2 Å². The van der Waals surface area contributed by atoms with Gasteiger partial charge < -0.3 is 33.3 Å². The fourth-order valence-electron chi connectivity index (χ4n) is 3.55. The molecule has 2 atom stereocenters. The first-order valence-electron chi connectivity index (χ1n) is 12.3. The maximum absolute atomic E-state index is 12.9. The lowest BCUT2D eigenvalue weighted by molar-refractivity contribution is -0.127. The number of hydrogen-bond acceptors (Lipinski definition) is 10. The van der Waals surface area contributed by atoms with Gasteiger partial charge in [-0.15, -0.1) is 5.06 Å². The third-order valence-corrected chi connectivity index (χ3v) is 7.62. The lowest BCUT2D eigenvalue weighted by atomic mass is 10.1. The van der Waals surface area contributed by atoms with Crippen molar-refractivity contribution < 1.29 is 52.3 Å². The molecule has 1 heterocycles. The molecule has 0 bridgehead atoms. The maximum atomic E-state index is 12.9. The minimum absolute atomic E-state index is 0.0221. The van der Waals surface area contributed by atoms with E-state index in [-0.39, 0.29) is 42.8 Å². The lowest BCUT2D eigenvalue weighted by Crippen LogP contribution is -2.32. The zero-order valence-electron chi connectivity index (χ0n) is 22.2. The van der Waals surface area contributed by atoms with Gasteiger partial charge in [-0.3, -0.25) is 19.0 Å². The topological polar surface area (TPSA) is 139 Å². The van der Waals surface area contributed by atoms with Crippen molar-refractivity contribution in [3.8, 4) is 11.5 Å². The largest absolute Gasteiger partial charge is 0.464 e. The van der Waals surface area contributed by atoms with Crippen LogP contribution in [-0.2, 0) is 28.4 Å². The summed E-state index contributed by atoms with van der Waals surface area (Å²) in [6, 6.07) is 11.0. The van der Waals surface area contributed by atoms with Gasteiger partial charge in [0.1, 0.15) is 6.10 Å². The van der Waals surface area contributed by atoms with E-state index in [1.165, 1.54) is 12.1 Å². The molecule has 3 rings (SSSR count). The van der Waals surface area contributed by atoms with Crippen LogP contribution < -0.4 is 9.47 Å². The van der Waals surface area contributed by atoms with Crippen LogP contribution in [-0.4, -0.2) is 88.3 Å². The fraction of sp³-hybridized carbons (Fsp3) is 0.462. The third kappa shape index (κ3) is 8.58. The van der Waals surface area contributed by atoms with Gasteiger partial charge in [0, 0.05) is 20.4 Å². The van der Waals surface area contributed by atoms with E-state index in [9.17, 15) is 19.0 Å². The lowest BCUT2D eigenvalue weighted by Gasteiger charge is -2.25. The van der Waals surface area contributed by atoms with Crippen LogP contribution in [0.15, 0.2) is 42.5 Å². The minimum atomic E-state index is -3.67. The molecule has 0 aromatic heterocycles. The Bertz CT molecular complexity index is 1120. The average molecular weight is 568 g/mol. The van der Waals surface area contributed by atoms with Gasteiger partial charge in [-0.05, 0) is 29.8 Å². The van der Waals surface area contributed by atoms with Gasteiger partial charge in [0.15, 0.2) is 25.1 Å². The highest BCUT2D eigenvalue weighted by Gasteiger charge is 2.39. The molecular formula is C26H34NO11P. The average Bonchev–Trinajstić information content (AvgIpc) is 3.17. The van der Waals surface area contributed by atoms with Crippen molar-refractivity contribution in [2.45, 2.75) is 13.0 Å². The molecule has 2 aromatic rings. The zero-order valence-corrected chi connectivity index (χ0v) is 23.1. The van der Waals surface area contributed by atoms with Crippen LogP contribution >= 0.6 is 7.37 Å². The van der Waals surface area contributed by atoms with E-state index in [0.717, 1.165) is 0 Å². The first kappa shape index (κ1) is 30.7. The summed E-state index contributed by atoms with van der Waals surface area (Å²) in [4.78, 5) is 42.1. The van der Waals surface area contributed by atoms with E-state index in [4.69, 9.17) is 33.3 Å². The number of methoxy groups -OCH3 is 2. The number of rotatable bonds is 18. The van der Waals surface area contributed by atoms with Gasteiger partial charge in [-0.25, -0.2) is 0 Å². The van der Waals surface area contributed by atoms with Crippen molar-refractivity contribution >= 4 is 19.2 Å². The Kier molecular flexibility index (Phi) is 11.9. The van der Waals surface area contributed by atoms with E-state index in [2.05, 4.69) is 0 Å². The maximum Gasteiger partial charge on any atom is 0.285 e. The Labute approximate surface area is 227 Å². The first-order chi connectivity index (χ1) is 18.8. The second kappa shape index (κ2) is 15.1. The molecule has 13 heteroatoms. The predicted octanol–water partition coefficient (Wildman–Crippen LogP) is 3.24. The molecule has 2 amide bonds. The molecule has 1 N–H and O–H groups in total. The number of imide groups is 1. The molecule has 0 saturated carbocycles. The van der Waals surface area contributed by atoms with Gasteiger partial charge in [0.2, 0.25) is 7.37 Å². The highest BCUT2D eigenvalue weighted by atomic mass is 31.2. The second-order valence-electron chi connectivity index (χ2n) is 8.42. The van der Waals surface area contributed by atoms with Crippen molar-refractivity contribution in [3.63, 3.8) is 0 Å². The molecule has 0 fully saturated rings. The van der Waals surface area contributed by atoms with Crippen molar-refractivity contribution in [2.75, 3.05) is 66.6 Å². The van der Waals surface area contributed by atoms with Crippen LogP contribution in [0.1, 0.15) is 39.3 Å². The van der Waals surface area contributed by atoms with Gasteiger partial charge in [-0.2, -0.15) is 0 Å². The monoisotopic (exact) mass is 567 g/mol. The Morgan fingerprint density at radius 3 is 1.95 bits per heavy atom. The molecule has 2 unspecified atom stereocenters. The Morgan fingerprint density at radius 2 is 1.41 bits per heavy atom. The molecule has 0 radical (unpaired) electrons. The summed E-state index contributed by atoms with van der Waals surface area (Å²) in [5, 5.41) is 0.632. The number of carbonyl (C=O) groups is 2. The van der Waals surface area contributed by atoms with Crippen molar-refractivity contribution in [1.82, 2.24) is 5.06 Å². The fourth-order valence-corrected chi connectivity index (χ4v) is 4.60. The quantitative estimate of drug-likeness (QED) is 0.123. The SMILES string of the molecule is CCP(=O)(O)CC(ON1C(=O)c2ccccc2C1=O)c1ccc(OCOCCOC)c(OCOCCOC)c1. The normalized spacial score (nSPS) is 15.2. The summed E-state index contributed by atoms with van der Waals surface area (Å²) in [5.41, 5.74) is 0.769. The van der Waals surface area contributed by atoms with E-state index in [1.54, 1.807) is 51.5 Å². The number of ether oxygens (including phenoxy) is 6. The Balaban J connectivity index is 1.86. The van der Waals surface area contributed by atoms with Crippen LogP contribution in [0.3, 0.4) is 0 Å². The predicted molar refractivity (Wildman–Crippen MR) is 139 cm³/mol. The summed E-state index contributed by atoms with van der Waals surface area (Å²) in [7, 11) is -0.563. The first-order valence-corrected chi connectivity index (χ1v) is 14.3. The molecular weight excluding hydrogens is 533 g/mol. The number of amides is 2. The summed E-state index contributed by atoms with van der Waals surface area (Å²) < 4.78 is 44.8. The number of nitrogens with zero attached hydrogens (tertiary/aromatic N) is 1. The van der Waals surface area contributed by atoms with E-state index in [0.29, 0.717) is 42.8 Å². The van der Waals surface area contributed by atoms with E-state index in [1.807, 2.05) is 0 Å². The van der Waals surface area contributed by atoms with Gasteiger partial charge in [0.05, 0.1) is 43.7 Å². The van der Waals surface area contributed by atoms with Gasteiger partial charge >= 0.3 is 0 Å². The molecule has 2 aromatic carbocycles. The van der Waals surface area contributed by atoms with Crippen LogP contribution in [0.4, 0.5) is 0 Å². The molecule has 39 heavy (non-hydrogen) atoms. The number of benzene rings is 2. The molecule has 0 aliphatic carbocycles. The molecule has 12 nitrogen and oxygen atoms in total. The number of carbonyl (C=O) groups excluding carboxylic acids is 2. The van der Waals surface area contributed by atoms with Gasteiger partial charge in [0.25, 0.3) is 11.8 Å². The Hall–Kier alpha value is -2.83. The summed E-state index contributed by atoms with van der Waals surface area (Å²) in [5.74, 6) is -0.753. The highest BCUT2D eigenvalue weighted by Crippen LogP contribution is 2.46. The molecule has 0 spiro atoms. The summed E-state index contributed by atoms with van der Waals surface area (Å²) >= 11 is 0. The zero-order chi connectivity index (χ0) is 28.3. The molecule has 1 aliphatic heterocycles. The Morgan fingerprint density at radius 1 is 0.846 bits per heavy atom. The number of hydroxylamine groups is 2. The molecule has 214 valence electrons. The van der Waals surface area contributed by atoms with Gasteiger partial charge in [-0.1, -0.05) is 25.1 Å². The summed E-state index contributed by atoms with van der Waals surface area (Å²) in [6.07, 6.45) is -1.50. The van der Waals surface area contributed by atoms with E-state index < -0.39 is 25.3 Å². The smallest absolute Gasteiger partial charge is 0.285 e. The number of fused-ring (bicyclic) bond motifs is 1. The standard InChI is InChI=1S/C26H34NO11P/c1-4-39(30,31)16-24(38-27-25(28)20-7-5-6-8-21(20)26(27)29)19-9-10-22(36-17-34-13-11-32-2)23(15-19)37-18-35-14-12-33-3/h5-10,15,24H,4,11-14,16-18H2,1-3H3,(H,30,31). The highest BCUT2D eigenvalue weighted by molar-refractivity contribution is 7.57. The van der Waals surface area contributed by atoms with E-state index >= 15 is 0 Å². The van der Waals surface area contributed by atoms with Crippen molar-refractivity contribution in [1.29, 1.82) is 0 Å². The van der Waals surface area contributed by atoms with Crippen LogP contribution in [0, 0.1) is 0 Å². The number of hydrogen-bond donors (Lipinski definition) is 1. The molecule has 1 aliphatic rings. The summed E-state index contributed by atoms with van der Waals surface area (Å²) in [6.45, 7) is 2.75. The third-order valence-electron chi connectivity index (χ3n) is 5.73.